The molecule has 0 spiro atoms. The molecule has 0 radical (unpaired) electrons. The van der Waals surface area contributed by atoms with Crippen molar-refractivity contribution in [3.63, 3.8) is 0 Å². The van der Waals surface area contributed by atoms with Crippen LogP contribution in [-0.2, 0) is 11.2 Å². The molecule has 1 amide bonds. The van der Waals surface area contributed by atoms with Gasteiger partial charge in [0.05, 0.1) is 6.54 Å². The van der Waals surface area contributed by atoms with Crippen molar-refractivity contribution in [2.24, 2.45) is 5.92 Å². The van der Waals surface area contributed by atoms with Crippen LogP contribution in [0.1, 0.15) is 24.8 Å². The molecule has 1 aliphatic heterocycles. The second-order valence-corrected chi connectivity index (χ2v) is 6.71. The summed E-state index contributed by atoms with van der Waals surface area (Å²) in [6, 6.07) is 7.40. The average molecular weight is 363 g/mol. The van der Waals surface area contributed by atoms with Gasteiger partial charge in [-0.05, 0) is 56.0 Å². The number of aryl methyl sites for hydroxylation is 1. The molecule has 134 valence electrons. The number of rotatable bonds is 6. The van der Waals surface area contributed by atoms with E-state index in [9.17, 15) is 18.0 Å². The molecule has 1 aromatic carbocycles. The number of hydrogen-bond donors (Lipinski definition) is 1. The summed E-state index contributed by atoms with van der Waals surface area (Å²) in [4.78, 5) is 13.3. The Bertz CT molecular complexity index is 543. The van der Waals surface area contributed by atoms with Gasteiger partial charge >= 0.3 is 6.18 Å². The lowest BCUT2D eigenvalue weighted by atomic mass is 9.96. The van der Waals surface area contributed by atoms with Crippen LogP contribution in [0.4, 0.5) is 13.2 Å². The summed E-state index contributed by atoms with van der Waals surface area (Å²) >= 11 is 5.90. The van der Waals surface area contributed by atoms with Crippen molar-refractivity contribution >= 4 is 17.5 Å². The fraction of sp³-hybridized carbons (Fsp3) is 0.588. The van der Waals surface area contributed by atoms with E-state index in [1.165, 1.54) is 4.90 Å². The number of halogens is 4. The maximum Gasteiger partial charge on any atom is 0.401 e. The lowest BCUT2D eigenvalue weighted by Crippen LogP contribution is -2.42. The Balaban J connectivity index is 1.63. The van der Waals surface area contributed by atoms with Crippen LogP contribution in [0.15, 0.2) is 24.3 Å². The number of hydrogen-bond acceptors (Lipinski definition) is 2. The number of carbonyl (C=O) groups is 1. The van der Waals surface area contributed by atoms with Crippen molar-refractivity contribution in [1.82, 2.24) is 10.2 Å². The van der Waals surface area contributed by atoms with Gasteiger partial charge in [-0.15, -0.1) is 0 Å². The predicted molar refractivity (Wildman–Crippen MR) is 88.0 cm³/mol. The van der Waals surface area contributed by atoms with Crippen molar-refractivity contribution in [2.45, 2.75) is 31.9 Å². The van der Waals surface area contributed by atoms with Gasteiger partial charge in [-0.1, -0.05) is 23.7 Å². The Morgan fingerprint density at radius 1 is 1.29 bits per heavy atom. The third-order valence-electron chi connectivity index (χ3n) is 4.23. The molecule has 0 aliphatic carbocycles. The zero-order valence-electron chi connectivity index (χ0n) is 13.4. The van der Waals surface area contributed by atoms with E-state index in [4.69, 9.17) is 11.6 Å². The third-order valence-corrected chi connectivity index (χ3v) is 4.46. The van der Waals surface area contributed by atoms with Crippen LogP contribution >= 0.6 is 11.6 Å². The Morgan fingerprint density at radius 3 is 2.62 bits per heavy atom. The van der Waals surface area contributed by atoms with Crippen molar-refractivity contribution in [1.29, 1.82) is 0 Å². The molecule has 7 heteroatoms. The second kappa shape index (κ2) is 8.72. The van der Waals surface area contributed by atoms with Gasteiger partial charge in [-0.2, -0.15) is 13.2 Å². The van der Waals surface area contributed by atoms with Crippen LogP contribution in [0.2, 0.25) is 5.02 Å². The smallest absolute Gasteiger partial charge is 0.356 e. The largest absolute Gasteiger partial charge is 0.401 e. The number of nitrogens with one attached hydrogen (secondary N) is 1. The monoisotopic (exact) mass is 362 g/mol. The molecule has 0 atom stereocenters. The summed E-state index contributed by atoms with van der Waals surface area (Å²) in [5, 5.41) is 3.54. The van der Waals surface area contributed by atoms with Crippen molar-refractivity contribution in [3.05, 3.63) is 34.9 Å². The molecule has 1 fully saturated rings. The van der Waals surface area contributed by atoms with Gasteiger partial charge in [0.2, 0.25) is 5.91 Å². The van der Waals surface area contributed by atoms with E-state index in [2.05, 4.69) is 5.32 Å². The maximum atomic E-state index is 12.3. The van der Waals surface area contributed by atoms with Crippen LogP contribution in [0, 0.1) is 5.92 Å². The van der Waals surface area contributed by atoms with Crippen molar-refractivity contribution in [3.8, 4) is 0 Å². The van der Waals surface area contributed by atoms with Gasteiger partial charge in [0.1, 0.15) is 0 Å². The molecule has 24 heavy (non-hydrogen) atoms. The Hall–Kier alpha value is -1.27. The van der Waals surface area contributed by atoms with E-state index in [1.54, 1.807) is 6.07 Å². The Labute approximate surface area is 145 Å². The molecule has 1 N–H and O–H groups in total. The molecular weight excluding hydrogens is 341 g/mol. The van der Waals surface area contributed by atoms with Crippen LogP contribution < -0.4 is 5.32 Å². The first-order chi connectivity index (χ1) is 11.3. The SMILES string of the molecule is O=C(CCc1cccc(Cl)c1)NCC1CCN(CC(F)(F)F)CC1. The lowest BCUT2D eigenvalue weighted by molar-refractivity contribution is -0.148. The fourth-order valence-electron chi connectivity index (χ4n) is 2.90. The quantitative estimate of drug-likeness (QED) is 0.837. The minimum atomic E-state index is -4.14. The number of carbonyl (C=O) groups excluding carboxylic acids is 1. The van der Waals surface area contributed by atoms with E-state index in [-0.39, 0.29) is 11.8 Å². The molecule has 0 saturated carbocycles. The topological polar surface area (TPSA) is 32.3 Å². The Morgan fingerprint density at radius 2 is 2.00 bits per heavy atom. The van der Waals surface area contributed by atoms with Gasteiger partial charge in [0.15, 0.2) is 0 Å². The number of piperidine rings is 1. The van der Waals surface area contributed by atoms with Crippen molar-refractivity contribution < 1.29 is 18.0 Å². The fourth-order valence-corrected chi connectivity index (χ4v) is 3.11. The second-order valence-electron chi connectivity index (χ2n) is 6.27. The number of amides is 1. The summed E-state index contributed by atoms with van der Waals surface area (Å²) in [7, 11) is 0. The predicted octanol–water partition coefficient (Wildman–Crippen LogP) is 3.66. The molecule has 0 aromatic heterocycles. The molecule has 0 bridgehead atoms. The average Bonchev–Trinajstić information content (AvgIpc) is 2.51. The van der Waals surface area contributed by atoms with E-state index >= 15 is 0 Å². The normalized spacial score (nSPS) is 17.0. The highest BCUT2D eigenvalue weighted by molar-refractivity contribution is 6.30. The zero-order valence-corrected chi connectivity index (χ0v) is 14.2. The molecule has 1 aliphatic rings. The first-order valence-corrected chi connectivity index (χ1v) is 8.50. The number of likely N-dealkylation sites (tertiary alicyclic amines) is 1. The molecular formula is C17H22ClF3N2O. The van der Waals surface area contributed by atoms with E-state index in [0.717, 1.165) is 5.56 Å². The van der Waals surface area contributed by atoms with Crippen LogP contribution in [0.3, 0.4) is 0 Å². The van der Waals surface area contributed by atoms with E-state index in [0.29, 0.717) is 50.3 Å². The zero-order chi connectivity index (χ0) is 17.6. The molecule has 1 aromatic rings. The number of benzene rings is 1. The first-order valence-electron chi connectivity index (χ1n) is 8.12. The van der Waals surface area contributed by atoms with Crippen LogP contribution in [0.25, 0.3) is 0 Å². The van der Waals surface area contributed by atoms with Gasteiger partial charge in [0, 0.05) is 18.0 Å². The highest BCUT2D eigenvalue weighted by Crippen LogP contribution is 2.22. The summed E-state index contributed by atoms with van der Waals surface area (Å²) in [5.74, 6) is 0.220. The molecule has 1 heterocycles. The number of alkyl halides is 3. The minimum Gasteiger partial charge on any atom is -0.356 e. The van der Waals surface area contributed by atoms with E-state index in [1.807, 2.05) is 18.2 Å². The minimum absolute atomic E-state index is 0.0345. The lowest BCUT2D eigenvalue weighted by Gasteiger charge is -2.32. The molecule has 0 unspecified atom stereocenters. The van der Waals surface area contributed by atoms with Gasteiger partial charge in [-0.3, -0.25) is 9.69 Å². The summed E-state index contributed by atoms with van der Waals surface area (Å²) in [5.41, 5.74) is 1.01. The van der Waals surface area contributed by atoms with E-state index < -0.39 is 12.7 Å². The maximum absolute atomic E-state index is 12.3. The standard InChI is InChI=1S/C17H22ClF3N2O/c18-15-3-1-2-13(10-15)4-5-16(24)22-11-14-6-8-23(9-7-14)12-17(19,20)21/h1-3,10,14H,4-9,11-12H2,(H,22,24). The van der Waals surface area contributed by atoms with Crippen LogP contribution in [-0.4, -0.2) is 43.2 Å². The molecule has 1 saturated heterocycles. The van der Waals surface area contributed by atoms with Crippen LogP contribution in [0.5, 0.6) is 0 Å². The summed E-state index contributed by atoms with van der Waals surface area (Å²) in [6.07, 6.45) is -1.76. The van der Waals surface area contributed by atoms with Gasteiger partial charge in [0.25, 0.3) is 0 Å². The van der Waals surface area contributed by atoms with Gasteiger partial charge < -0.3 is 5.32 Å². The summed E-state index contributed by atoms with van der Waals surface area (Å²) in [6.45, 7) is 0.561. The molecule has 3 nitrogen and oxygen atoms in total. The highest BCUT2D eigenvalue weighted by Gasteiger charge is 2.32. The highest BCUT2D eigenvalue weighted by atomic mass is 35.5. The molecule has 2 rings (SSSR count). The Kier molecular flexibility index (Phi) is 6.92. The third kappa shape index (κ3) is 7.09. The number of nitrogens with zero attached hydrogens (tertiary/aromatic N) is 1. The van der Waals surface area contributed by atoms with Gasteiger partial charge in [-0.25, -0.2) is 0 Å². The first kappa shape index (κ1) is 19.1. The van der Waals surface area contributed by atoms with Crippen molar-refractivity contribution in [2.75, 3.05) is 26.2 Å². The summed E-state index contributed by atoms with van der Waals surface area (Å²) < 4.78 is 37.0.